The normalized spacial score (nSPS) is 10.6. The second-order valence-electron chi connectivity index (χ2n) is 11.3. The lowest BCUT2D eigenvalue weighted by atomic mass is 10.1. The average Bonchev–Trinajstić information content (AvgIpc) is 3.00. The average molecular weight is 566 g/mol. The predicted octanol–water partition coefficient (Wildman–Crippen LogP) is 10.4. The summed E-state index contributed by atoms with van der Waals surface area (Å²) in [5, 5.41) is 2.56. The molecular weight excluding hydrogens is 506 g/mol. The highest BCUT2D eigenvalue weighted by Crippen LogP contribution is 2.13. The molecular formula is C36H59N3O2. The Hall–Kier alpha value is -2.56. The number of carbonyl (C=O) groups excluding carboxylic acids is 2. The first kappa shape index (κ1) is 36.5. The van der Waals surface area contributed by atoms with E-state index in [1.54, 1.807) is 12.4 Å². The number of hydrogen-bond donors (Lipinski definition) is 1. The number of carbonyl (C=O) groups is 2. The molecule has 0 unspecified atom stereocenters. The molecule has 0 spiro atoms. The summed E-state index contributed by atoms with van der Waals surface area (Å²) in [6.07, 6.45) is 29.8. The molecule has 2 aromatic heterocycles. The van der Waals surface area contributed by atoms with Crippen molar-refractivity contribution in [3.8, 4) is 11.4 Å². The van der Waals surface area contributed by atoms with Gasteiger partial charge in [-0.3, -0.25) is 24.9 Å². The minimum Gasteiger partial charge on any atom is -0.296 e. The number of unbranched alkanes of at least 4 members (excludes halogenated alkanes) is 18. The van der Waals surface area contributed by atoms with Crippen LogP contribution in [0.4, 0.5) is 0 Å². The highest BCUT2D eigenvalue weighted by Gasteiger charge is 2.07. The van der Waals surface area contributed by atoms with Gasteiger partial charge in [-0.25, -0.2) is 0 Å². The lowest BCUT2D eigenvalue weighted by Gasteiger charge is -2.05. The van der Waals surface area contributed by atoms with Crippen LogP contribution in [-0.4, -0.2) is 21.8 Å². The minimum atomic E-state index is -0.0818. The van der Waals surface area contributed by atoms with Crippen LogP contribution in [0, 0.1) is 0 Å². The Kier molecular flexibility index (Phi) is 24.5. The van der Waals surface area contributed by atoms with Gasteiger partial charge in [0.15, 0.2) is 0 Å². The van der Waals surface area contributed by atoms with Crippen molar-refractivity contribution in [2.45, 2.75) is 155 Å². The van der Waals surface area contributed by atoms with Crippen molar-refractivity contribution in [2.24, 2.45) is 0 Å². The van der Waals surface area contributed by atoms with Crippen LogP contribution in [0.15, 0.2) is 48.8 Å². The molecule has 0 radical (unpaired) electrons. The number of imide groups is 1. The van der Waals surface area contributed by atoms with Crippen LogP contribution >= 0.6 is 0 Å². The Bertz CT molecular complexity index is 786. The molecule has 230 valence electrons. The first-order valence-electron chi connectivity index (χ1n) is 16.8. The maximum atomic E-state index is 11.8. The van der Waals surface area contributed by atoms with Crippen LogP contribution in [-0.2, 0) is 9.59 Å². The maximum Gasteiger partial charge on any atom is 0.226 e. The molecule has 41 heavy (non-hydrogen) atoms. The summed E-state index contributed by atoms with van der Waals surface area (Å²) in [7, 11) is 0. The second-order valence-corrected chi connectivity index (χ2v) is 11.3. The van der Waals surface area contributed by atoms with E-state index in [9.17, 15) is 9.59 Å². The van der Waals surface area contributed by atoms with E-state index < -0.39 is 0 Å². The van der Waals surface area contributed by atoms with Crippen molar-refractivity contribution in [1.82, 2.24) is 15.3 Å². The summed E-state index contributed by atoms with van der Waals surface area (Å²) in [6.45, 7) is 4.50. The standard InChI is InChI=1S/C26H51NO2.C10H8N2/c1-3-5-7-9-11-13-15-17-19-21-23-25(28)27-26(29)24-22-20-18-16-14-12-10-8-6-4-2;1-3-7-11-9(5-1)10-6-2-4-8-12-10/h3-24H2,1-2H3,(H,27,28,29);1-8H. The molecule has 2 rings (SSSR count). The zero-order valence-corrected chi connectivity index (χ0v) is 26.4. The zero-order valence-electron chi connectivity index (χ0n) is 26.4. The maximum absolute atomic E-state index is 11.8. The Labute approximate surface area is 251 Å². The van der Waals surface area contributed by atoms with Gasteiger partial charge >= 0.3 is 0 Å². The van der Waals surface area contributed by atoms with Crippen molar-refractivity contribution >= 4 is 11.8 Å². The number of nitrogens with one attached hydrogen (secondary N) is 1. The molecule has 0 aliphatic rings. The van der Waals surface area contributed by atoms with E-state index in [0.717, 1.165) is 37.1 Å². The van der Waals surface area contributed by atoms with Gasteiger partial charge in [-0.05, 0) is 37.1 Å². The quantitative estimate of drug-likeness (QED) is 0.136. The Balaban J connectivity index is 0.000000570. The summed E-state index contributed by atoms with van der Waals surface area (Å²) in [5.74, 6) is -0.164. The second kappa shape index (κ2) is 27.6. The van der Waals surface area contributed by atoms with Crippen LogP contribution < -0.4 is 5.32 Å². The third-order valence-electron chi connectivity index (χ3n) is 7.39. The van der Waals surface area contributed by atoms with Gasteiger partial charge in [0.1, 0.15) is 0 Å². The van der Waals surface area contributed by atoms with Gasteiger partial charge < -0.3 is 0 Å². The fourth-order valence-corrected chi connectivity index (χ4v) is 4.86. The van der Waals surface area contributed by atoms with Gasteiger partial charge in [-0.2, -0.15) is 0 Å². The first-order valence-corrected chi connectivity index (χ1v) is 16.8. The van der Waals surface area contributed by atoms with E-state index >= 15 is 0 Å². The Morgan fingerprint density at radius 2 is 0.805 bits per heavy atom. The lowest BCUT2D eigenvalue weighted by molar-refractivity contribution is -0.130. The molecule has 2 aromatic rings. The van der Waals surface area contributed by atoms with Gasteiger partial charge in [-0.1, -0.05) is 142 Å². The van der Waals surface area contributed by atoms with Gasteiger partial charge in [0, 0.05) is 25.2 Å². The number of pyridine rings is 2. The molecule has 0 aromatic carbocycles. The van der Waals surface area contributed by atoms with Crippen molar-refractivity contribution in [3.63, 3.8) is 0 Å². The van der Waals surface area contributed by atoms with Crippen LogP contribution in [0.25, 0.3) is 11.4 Å². The summed E-state index contributed by atoms with van der Waals surface area (Å²) in [5.41, 5.74) is 1.83. The minimum absolute atomic E-state index is 0.0818. The number of nitrogens with zero attached hydrogens (tertiary/aromatic N) is 2. The molecule has 0 aliphatic heterocycles. The van der Waals surface area contributed by atoms with Crippen molar-refractivity contribution in [3.05, 3.63) is 48.8 Å². The smallest absolute Gasteiger partial charge is 0.226 e. The lowest BCUT2D eigenvalue weighted by Crippen LogP contribution is -2.29. The van der Waals surface area contributed by atoms with Crippen LogP contribution in [0.3, 0.4) is 0 Å². The molecule has 0 atom stereocenters. The van der Waals surface area contributed by atoms with E-state index in [2.05, 4.69) is 29.1 Å². The monoisotopic (exact) mass is 565 g/mol. The zero-order chi connectivity index (χ0) is 29.6. The highest BCUT2D eigenvalue weighted by atomic mass is 16.2. The van der Waals surface area contributed by atoms with Crippen LogP contribution in [0.1, 0.15) is 155 Å². The number of hydrogen-bond acceptors (Lipinski definition) is 4. The van der Waals surface area contributed by atoms with Crippen LogP contribution in [0.2, 0.25) is 0 Å². The molecule has 1 N–H and O–H groups in total. The largest absolute Gasteiger partial charge is 0.296 e. The molecule has 0 saturated carbocycles. The predicted molar refractivity (Wildman–Crippen MR) is 174 cm³/mol. The Morgan fingerprint density at radius 1 is 0.488 bits per heavy atom. The van der Waals surface area contributed by atoms with E-state index in [4.69, 9.17) is 0 Å². The van der Waals surface area contributed by atoms with Gasteiger partial charge in [0.05, 0.1) is 11.4 Å². The van der Waals surface area contributed by atoms with Gasteiger partial charge in [0.25, 0.3) is 0 Å². The van der Waals surface area contributed by atoms with E-state index in [1.165, 1.54) is 103 Å². The third kappa shape index (κ3) is 22.8. The summed E-state index contributed by atoms with van der Waals surface area (Å²) in [6, 6.07) is 11.6. The molecule has 5 heteroatoms. The number of rotatable bonds is 23. The van der Waals surface area contributed by atoms with Gasteiger partial charge in [0.2, 0.25) is 11.8 Å². The molecule has 0 fully saturated rings. The molecule has 5 nitrogen and oxygen atoms in total. The van der Waals surface area contributed by atoms with Gasteiger partial charge in [-0.15, -0.1) is 0 Å². The number of aromatic nitrogens is 2. The van der Waals surface area contributed by atoms with Crippen molar-refractivity contribution in [2.75, 3.05) is 0 Å². The van der Waals surface area contributed by atoms with Crippen molar-refractivity contribution < 1.29 is 9.59 Å². The molecule has 0 bridgehead atoms. The molecule has 0 saturated heterocycles. The fraction of sp³-hybridized carbons (Fsp3) is 0.667. The highest BCUT2D eigenvalue weighted by molar-refractivity contribution is 5.95. The number of amides is 2. The Morgan fingerprint density at radius 3 is 1.10 bits per heavy atom. The topological polar surface area (TPSA) is 72.0 Å². The third-order valence-corrected chi connectivity index (χ3v) is 7.39. The molecule has 2 heterocycles. The molecule has 2 amide bonds. The van der Waals surface area contributed by atoms with Crippen LogP contribution in [0.5, 0.6) is 0 Å². The summed E-state index contributed by atoms with van der Waals surface area (Å²) >= 11 is 0. The summed E-state index contributed by atoms with van der Waals surface area (Å²) < 4.78 is 0. The SMILES string of the molecule is CCCCCCCCCCCCC(=O)NC(=O)CCCCCCCCCCCC.c1ccc(-c2ccccn2)nc1. The summed E-state index contributed by atoms with van der Waals surface area (Å²) in [4.78, 5) is 32.1. The fourth-order valence-electron chi connectivity index (χ4n) is 4.86. The van der Waals surface area contributed by atoms with E-state index in [0.29, 0.717) is 12.8 Å². The van der Waals surface area contributed by atoms with Crippen molar-refractivity contribution in [1.29, 1.82) is 0 Å². The van der Waals surface area contributed by atoms with E-state index in [-0.39, 0.29) is 11.8 Å². The van der Waals surface area contributed by atoms with E-state index in [1.807, 2.05) is 36.4 Å². The first-order chi connectivity index (χ1) is 20.2. The molecule has 0 aliphatic carbocycles.